The van der Waals surface area contributed by atoms with Crippen molar-refractivity contribution in [1.29, 1.82) is 0 Å². The van der Waals surface area contributed by atoms with Crippen molar-refractivity contribution in [2.75, 3.05) is 0 Å². The number of halogens is 17. The SMILES string of the molecule is O=S(=O)([O-])c1ccccc1SC(F)=C(F)C(F)(F)C(F)(F)C(F)(F)C(F)(F)C(F)(F)C(F)(F)C(F)(F)F.[K+]. The van der Waals surface area contributed by atoms with Crippen LogP contribution in [0.3, 0.4) is 0 Å². The van der Waals surface area contributed by atoms with E-state index in [1.807, 2.05) is 0 Å². The Morgan fingerprint density at radius 3 is 1.42 bits per heavy atom. The molecule has 0 amide bonds. The Balaban J connectivity index is 0.0000137. The second kappa shape index (κ2) is 11.2. The van der Waals surface area contributed by atoms with Crippen LogP contribution in [0.25, 0.3) is 0 Å². The summed E-state index contributed by atoms with van der Waals surface area (Å²) in [6.45, 7) is 0. The molecule has 214 valence electrons. The van der Waals surface area contributed by atoms with Crippen molar-refractivity contribution in [2.45, 2.75) is 51.5 Å². The Hall–Kier alpha value is -0.334. The molecule has 0 saturated heterocycles. The predicted octanol–water partition coefficient (Wildman–Crippen LogP) is 4.17. The van der Waals surface area contributed by atoms with E-state index < -0.39 is 84.4 Å². The van der Waals surface area contributed by atoms with E-state index in [4.69, 9.17) is 0 Å². The number of hydrogen-bond acceptors (Lipinski definition) is 4. The quantitative estimate of drug-likeness (QED) is 0.173. The van der Waals surface area contributed by atoms with Gasteiger partial charge in [-0.25, -0.2) is 12.8 Å². The summed E-state index contributed by atoms with van der Waals surface area (Å²) in [5, 5.41) is -3.47. The van der Waals surface area contributed by atoms with Crippen molar-refractivity contribution in [3.05, 3.63) is 35.3 Å². The summed E-state index contributed by atoms with van der Waals surface area (Å²) in [6.07, 6.45) is -7.84. The van der Waals surface area contributed by atoms with Crippen LogP contribution in [0.15, 0.2) is 45.0 Å². The molecule has 3 nitrogen and oxygen atoms in total. The summed E-state index contributed by atoms with van der Waals surface area (Å²) in [5.41, 5.74) is 0. The summed E-state index contributed by atoms with van der Waals surface area (Å²) in [6, 6.07) is 2.03. The molecule has 0 aliphatic rings. The van der Waals surface area contributed by atoms with Gasteiger partial charge in [0.15, 0.2) is 5.16 Å². The molecule has 0 fully saturated rings. The van der Waals surface area contributed by atoms with E-state index in [1.165, 1.54) is 0 Å². The van der Waals surface area contributed by atoms with E-state index in [9.17, 15) is 87.6 Å². The molecule has 0 atom stereocenters. The maximum absolute atomic E-state index is 13.8. The van der Waals surface area contributed by atoms with E-state index >= 15 is 0 Å². The molecule has 0 aliphatic heterocycles. The normalized spacial score (nSPS) is 15.6. The van der Waals surface area contributed by atoms with Gasteiger partial charge in [-0.1, -0.05) is 23.9 Å². The molecule has 23 heteroatoms. The zero-order chi connectivity index (χ0) is 29.8. The summed E-state index contributed by atoms with van der Waals surface area (Å²) in [7, 11) is -5.64. The fourth-order valence-corrected chi connectivity index (χ4v) is 3.83. The monoisotopic (exact) mass is 658 g/mol. The Morgan fingerprint density at radius 2 is 1.03 bits per heavy atom. The van der Waals surface area contributed by atoms with Gasteiger partial charge in [0.2, 0.25) is 5.83 Å². The molecule has 0 aliphatic carbocycles. The minimum absolute atomic E-state index is 0. The minimum Gasteiger partial charge on any atom is -0.744 e. The van der Waals surface area contributed by atoms with Crippen molar-refractivity contribution in [1.82, 2.24) is 0 Å². The summed E-state index contributed by atoms with van der Waals surface area (Å²) < 4.78 is 257. The van der Waals surface area contributed by atoms with Crippen LogP contribution < -0.4 is 51.4 Å². The standard InChI is InChI=1S/C15H5F17O3S2.K/c16-7(8(17)36-5-3-1-2-4-6(5)37(33,34)35)9(18,19)10(20,21)11(22,23)12(24,25)13(26,27)14(28,29)15(30,31)32;/h1-4H,(H,33,34,35);/q;+1/p-1. The van der Waals surface area contributed by atoms with Gasteiger partial charge in [0.1, 0.15) is 10.1 Å². The molecule has 0 N–H and O–H groups in total. The molecule has 0 unspecified atom stereocenters. The minimum atomic E-state index is -8.71. The van der Waals surface area contributed by atoms with E-state index in [2.05, 4.69) is 0 Å². The van der Waals surface area contributed by atoms with Gasteiger partial charge in [-0.2, -0.15) is 70.2 Å². The zero-order valence-electron chi connectivity index (χ0n) is 17.3. The third kappa shape index (κ3) is 5.98. The van der Waals surface area contributed by atoms with Gasteiger partial charge in [0, 0.05) is 4.90 Å². The largest absolute Gasteiger partial charge is 1.00 e. The maximum atomic E-state index is 13.8. The van der Waals surface area contributed by atoms with Gasteiger partial charge >= 0.3 is 93.1 Å². The second-order valence-corrected chi connectivity index (χ2v) is 8.89. The molecule has 1 rings (SSSR count). The summed E-state index contributed by atoms with van der Waals surface area (Å²) >= 11 is -1.32. The average Bonchev–Trinajstić information content (AvgIpc) is 2.71. The smallest absolute Gasteiger partial charge is 0.744 e. The van der Waals surface area contributed by atoms with Gasteiger partial charge < -0.3 is 4.55 Å². The molecule has 0 heterocycles. The molecular weight excluding hydrogens is 654 g/mol. The second-order valence-electron chi connectivity index (χ2n) is 6.53. The van der Waals surface area contributed by atoms with Crippen LogP contribution in [-0.4, -0.2) is 54.7 Å². The van der Waals surface area contributed by atoms with Crippen LogP contribution >= 0.6 is 11.8 Å². The van der Waals surface area contributed by atoms with E-state index in [0.717, 1.165) is 6.07 Å². The van der Waals surface area contributed by atoms with E-state index in [-0.39, 0.29) is 51.4 Å². The summed E-state index contributed by atoms with van der Waals surface area (Å²) in [5.74, 6) is -54.7. The van der Waals surface area contributed by atoms with Crippen LogP contribution in [0.2, 0.25) is 0 Å². The van der Waals surface area contributed by atoms with E-state index in [1.54, 1.807) is 0 Å². The first-order chi connectivity index (χ1) is 16.0. The molecule has 1 aromatic rings. The van der Waals surface area contributed by atoms with Crippen LogP contribution in [-0.2, 0) is 10.1 Å². The van der Waals surface area contributed by atoms with Crippen molar-refractivity contribution < 1.29 is 139 Å². The molecular formula is C15H4F17KO3S2. The fourth-order valence-electron chi connectivity index (χ4n) is 2.11. The maximum Gasteiger partial charge on any atom is 1.00 e. The first-order valence-electron chi connectivity index (χ1n) is 8.15. The third-order valence-electron chi connectivity index (χ3n) is 4.09. The van der Waals surface area contributed by atoms with Crippen LogP contribution in [0.1, 0.15) is 0 Å². The zero-order valence-corrected chi connectivity index (χ0v) is 22.0. The molecule has 0 saturated carbocycles. The first-order valence-corrected chi connectivity index (χ1v) is 10.4. The van der Waals surface area contributed by atoms with Crippen molar-refractivity contribution in [3.8, 4) is 0 Å². The topological polar surface area (TPSA) is 57.2 Å². The van der Waals surface area contributed by atoms with Crippen LogP contribution in [0, 0.1) is 0 Å². The van der Waals surface area contributed by atoms with Gasteiger partial charge in [0.25, 0.3) is 0 Å². The fraction of sp³-hybridized carbons (Fsp3) is 0.467. The Bertz CT molecular complexity index is 1160. The van der Waals surface area contributed by atoms with Gasteiger partial charge in [-0.3, -0.25) is 0 Å². The first kappa shape index (κ1) is 37.7. The van der Waals surface area contributed by atoms with Crippen LogP contribution in [0.5, 0.6) is 0 Å². The average molecular weight is 658 g/mol. The predicted molar refractivity (Wildman–Crippen MR) is 85.2 cm³/mol. The van der Waals surface area contributed by atoms with Gasteiger partial charge in [-0.05, 0) is 12.1 Å². The van der Waals surface area contributed by atoms with Crippen molar-refractivity contribution in [2.24, 2.45) is 0 Å². The van der Waals surface area contributed by atoms with E-state index in [0.29, 0.717) is 18.2 Å². The molecule has 0 radical (unpaired) electrons. The Morgan fingerprint density at radius 1 is 0.658 bits per heavy atom. The summed E-state index contributed by atoms with van der Waals surface area (Å²) in [4.78, 5) is -2.94. The number of benzene rings is 1. The van der Waals surface area contributed by atoms with Crippen molar-refractivity contribution in [3.63, 3.8) is 0 Å². The Labute approximate surface area is 246 Å². The number of thioether (sulfide) groups is 1. The number of hydrogen-bond donors (Lipinski definition) is 0. The number of alkyl halides is 15. The van der Waals surface area contributed by atoms with Crippen LogP contribution in [0.4, 0.5) is 74.6 Å². The van der Waals surface area contributed by atoms with Gasteiger partial charge in [-0.15, -0.1) is 0 Å². The van der Waals surface area contributed by atoms with Gasteiger partial charge in [0.05, 0.1) is 4.90 Å². The van der Waals surface area contributed by atoms with Crippen molar-refractivity contribution >= 4 is 21.9 Å². The molecule has 0 aromatic heterocycles. The molecule has 0 spiro atoms. The Kier molecular flexibility index (Phi) is 11.1. The third-order valence-corrected chi connectivity index (χ3v) is 6.05. The molecule has 0 bridgehead atoms. The number of rotatable bonds is 9. The molecule has 1 aromatic carbocycles. The molecule has 38 heavy (non-hydrogen) atoms. The number of allylic oxidation sites excluding steroid dienone is 1.